The van der Waals surface area contributed by atoms with E-state index in [1.807, 2.05) is 30.3 Å². The van der Waals surface area contributed by atoms with Crippen LogP contribution >= 0.6 is 0 Å². The number of rotatable bonds is 2. The van der Waals surface area contributed by atoms with Crippen LogP contribution < -0.4 is 5.32 Å². The first-order valence-corrected chi connectivity index (χ1v) is 5.26. The first kappa shape index (κ1) is 9.90. The number of ketones is 1. The van der Waals surface area contributed by atoms with Crippen LogP contribution in [0.15, 0.2) is 35.3 Å². The lowest BCUT2D eigenvalue weighted by molar-refractivity contribution is 0.106. The smallest absolute Gasteiger partial charge is 0.227 e. The molecule has 0 saturated carbocycles. The highest BCUT2D eigenvalue weighted by molar-refractivity contribution is 6.45. The van der Waals surface area contributed by atoms with E-state index >= 15 is 0 Å². The van der Waals surface area contributed by atoms with Crippen molar-refractivity contribution >= 4 is 11.6 Å². The molecule has 1 aliphatic rings. The standard InChI is InChI=1S/C12H14N2O/c15-11(10-6-2-1-3-7-10)12-13-8-4-5-9-14-12/h1-3,6-7H,4-5,8-9H2,(H,13,14). The Hall–Kier alpha value is -1.64. The maximum Gasteiger partial charge on any atom is 0.227 e. The minimum atomic E-state index is -0.00231. The number of benzene rings is 1. The van der Waals surface area contributed by atoms with Gasteiger partial charge in [0.25, 0.3) is 0 Å². The molecular weight excluding hydrogens is 188 g/mol. The molecule has 2 rings (SSSR count). The van der Waals surface area contributed by atoms with E-state index in [1.165, 1.54) is 0 Å². The monoisotopic (exact) mass is 202 g/mol. The molecule has 1 heterocycles. The Labute approximate surface area is 89.2 Å². The van der Waals surface area contributed by atoms with E-state index in [4.69, 9.17) is 0 Å². The van der Waals surface area contributed by atoms with Crippen molar-refractivity contribution in [3.63, 3.8) is 0 Å². The van der Waals surface area contributed by atoms with E-state index in [1.54, 1.807) is 0 Å². The fourth-order valence-electron chi connectivity index (χ4n) is 1.57. The summed E-state index contributed by atoms with van der Waals surface area (Å²) in [6.07, 6.45) is 2.13. The summed E-state index contributed by atoms with van der Waals surface area (Å²) in [6.45, 7) is 1.60. The van der Waals surface area contributed by atoms with Crippen molar-refractivity contribution < 1.29 is 4.79 Å². The lowest BCUT2D eigenvalue weighted by atomic mass is 10.1. The molecule has 3 nitrogen and oxygen atoms in total. The van der Waals surface area contributed by atoms with Crippen molar-refractivity contribution in [2.75, 3.05) is 13.1 Å². The van der Waals surface area contributed by atoms with Crippen LogP contribution in [0.3, 0.4) is 0 Å². The summed E-state index contributed by atoms with van der Waals surface area (Å²) in [7, 11) is 0. The summed E-state index contributed by atoms with van der Waals surface area (Å²) in [5.74, 6) is 0.510. The van der Waals surface area contributed by atoms with Crippen molar-refractivity contribution in [1.82, 2.24) is 5.32 Å². The normalized spacial score (nSPS) is 16.1. The highest BCUT2D eigenvalue weighted by Gasteiger charge is 2.14. The molecule has 3 heteroatoms. The van der Waals surface area contributed by atoms with E-state index in [0.717, 1.165) is 25.9 Å². The Balaban J connectivity index is 2.17. The Morgan fingerprint density at radius 2 is 2.00 bits per heavy atom. The second-order valence-corrected chi connectivity index (χ2v) is 3.56. The quantitative estimate of drug-likeness (QED) is 0.741. The number of carbonyl (C=O) groups is 1. The molecule has 1 N–H and O–H groups in total. The Morgan fingerprint density at radius 3 is 2.80 bits per heavy atom. The van der Waals surface area contributed by atoms with Crippen molar-refractivity contribution in [2.45, 2.75) is 12.8 Å². The molecule has 1 aliphatic heterocycles. The van der Waals surface area contributed by atoms with Gasteiger partial charge in [0.1, 0.15) is 0 Å². The summed E-state index contributed by atoms with van der Waals surface area (Å²) >= 11 is 0. The van der Waals surface area contributed by atoms with Crippen molar-refractivity contribution in [3.05, 3.63) is 35.9 Å². The second kappa shape index (κ2) is 4.73. The predicted molar refractivity (Wildman–Crippen MR) is 60.3 cm³/mol. The molecule has 0 unspecified atom stereocenters. The maximum atomic E-state index is 12.0. The van der Waals surface area contributed by atoms with Gasteiger partial charge in [-0.1, -0.05) is 30.3 Å². The SMILES string of the molecule is O=C(C1=NCCCCN1)c1ccccc1. The van der Waals surface area contributed by atoms with E-state index < -0.39 is 0 Å². The molecular formula is C12H14N2O. The zero-order chi connectivity index (χ0) is 10.5. The molecule has 0 spiro atoms. The van der Waals surface area contributed by atoms with Gasteiger partial charge in [0, 0.05) is 18.7 Å². The highest BCUT2D eigenvalue weighted by Crippen LogP contribution is 2.03. The molecule has 0 saturated heterocycles. The number of hydrogen-bond acceptors (Lipinski definition) is 3. The largest absolute Gasteiger partial charge is 0.367 e. The van der Waals surface area contributed by atoms with Crippen molar-refractivity contribution in [3.8, 4) is 0 Å². The van der Waals surface area contributed by atoms with Gasteiger partial charge in [-0.3, -0.25) is 9.79 Å². The van der Waals surface area contributed by atoms with Crippen molar-refractivity contribution in [2.24, 2.45) is 4.99 Å². The molecule has 0 atom stereocenters. The summed E-state index contributed by atoms with van der Waals surface area (Å²) in [5.41, 5.74) is 0.700. The molecule has 0 aromatic heterocycles. The zero-order valence-corrected chi connectivity index (χ0v) is 8.57. The van der Waals surface area contributed by atoms with Gasteiger partial charge in [0.05, 0.1) is 0 Å². The first-order chi connectivity index (χ1) is 7.38. The molecule has 0 aliphatic carbocycles. The second-order valence-electron chi connectivity index (χ2n) is 3.56. The van der Waals surface area contributed by atoms with E-state index in [9.17, 15) is 4.79 Å². The number of amidine groups is 1. The minimum Gasteiger partial charge on any atom is -0.367 e. The Bertz CT molecular complexity index is 370. The van der Waals surface area contributed by atoms with E-state index in [0.29, 0.717) is 11.4 Å². The third kappa shape index (κ3) is 2.43. The summed E-state index contributed by atoms with van der Waals surface area (Å²) in [6, 6.07) is 9.27. The zero-order valence-electron chi connectivity index (χ0n) is 8.57. The number of nitrogens with one attached hydrogen (secondary N) is 1. The fourth-order valence-corrected chi connectivity index (χ4v) is 1.57. The van der Waals surface area contributed by atoms with Gasteiger partial charge < -0.3 is 5.32 Å². The third-order valence-electron chi connectivity index (χ3n) is 2.40. The highest BCUT2D eigenvalue weighted by atomic mass is 16.1. The molecule has 0 fully saturated rings. The van der Waals surface area contributed by atoms with Crippen LogP contribution in [0, 0.1) is 0 Å². The molecule has 0 bridgehead atoms. The third-order valence-corrected chi connectivity index (χ3v) is 2.40. The van der Waals surface area contributed by atoms with Gasteiger partial charge in [-0.05, 0) is 12.8 Å². The molecule has 78 valence electrons. The average molecular weight is 202 g/mol. The molecule has 15 heavy (non-hydrogen) atoms. The number of aliphatic imine (C=N–C) groups is 1. The molecule has 1 aromatic carbocycles. The van der Waals surface area contributed by atoms with Crippen LogP contribution in [0.25, 0.3) is 0 Å². The van der Waals surface area contributed by atoms with Crippen LogP contribution in [0.2, 0.25) is 0 Å². The van der Waals surface area contributed by atoms with E-state index in [2.05, 4.69) is 10.3 Å². The fraction of sp³-hybridized carbons (Fsp3) is 0.333. The predicted octanol–water partition coefficient (Wildman–Crippen LogP) is 1.65. The van der Waals surface area contributed by atoms with Crippen molar-refractivity contribution in [1.29, 1.82) is 0 Å². The van der Waals surface area contributed by atoms with Crippen LogP contribution in [-0.2, 0) is 0 Å². The number of hydrogen-bond donors (Lipinski definition) is 1. The van der Waals surface area contributed by atoms with Gasteiger partial charge in [-0.15, -0.1) is 0 Å². The molecule has 0 radical (unpaired) electrons. The maximum absolute atomic E-state index is 12.0. The number of carbonyl (C=O) groups excluding carboxylic acids is 1. The lowest BCUT2D eigenvalue weighted by Crippen LogP contribution is -2.31. The van der Waals surface area contributed by atoms with Crippen LogP contribution in [0.1, 0.15) is 23.2 Å². The van der Waals surface area contributed by atoms with Crippen LogP contribution in [0.5, 0.6) is 0 Å². The van der Waals surface area contributed by atoms with Crippen LogP contribution in [-0.4, -0.2) is 24.7 Å². The average Bonchev–Trinajstić information content (AvgIpc) is 2.58. The minimum absolute atomic E-state index is 0.00231. The van der Waals surface area contributed by atoms with Gasteiger partial charge in [0.2, 0.25) is 5.78 Å². The Morgan fingerprint density at radius 1 is 1.20 bits per heavy atom. The molecule has 1 aromatic rings. The molecule has 0 amide bonds. The van der Waals surface area contributed by atoms with Gasteiger partial charge in [-0.25, -0.2) is 0 Å². The summed E-state index contributed by atoms with van der Waals surface area (Å²) in [4.78, 5) is 16.2. The topological polar surface area (TPSA) is 41.5 Å². The Kier molecular flexibility index (Phi) is 3.12. The van der Waals surface area contributed by atoms with E-state index in [-0.39, 0.29) is 5.78 Å². The summed E-state index contributed by atoms with van der Waals surface area (Å²) in [5, 5.41) is 3.08. The van der Waals surface area contributed by atoms with Gasteiger partial charge >= 0.3 is 0 Å². The van der Waals surface area contributed by atoms with Gasteiger partial charge in [0.15, 0.2) is 5.84 Å². The lowest BCUT2D eigenvalue weighted by Gasteiger charge is -2.05. The van der Waals surface area contributed by atoms with Crippen LogP contribution in [0.4, 0.5) is 0 Å². The summed E-state index contributed by atoms with van der Waals surface area (Å²) < 4.78 is 0. The van der Waals surface area contributed by atoms with Gasteiger partial charge in [-0.2, -0.15) is 0 Å². The number of Topliss-reactive ketones (excluding diaryl/α,β-unsaturated/α-hetero) is 1. The number of nitrogens with zero attached hydrogens (tertiary/aromatic N) is 1. The first-order valence-electron chi connectivity index (χ1n) is 5.26.